The van der Waals surface area contributed by atoms with Gasteiger partial charge in [-0.1, -0.05) is 6.07 Å². The number of anilines is 1. The molecule has 3 aliphatic rings. The summed E-state index contributed by atoms with van der Waals surface area (Å²) in [6, 6.07) is 4.06. The van der Waals surface area contributed by atoms with Crippen LogP contribution in [0.5, 0.6) is 0 Å². The molecule has 10 heteroatoms. The molecule has 30 heavy (non-hydrogen) atoms. The Balaban J connectivity index is 0.00000256. The first kappa shape index (κ1) is 22.2. The molecule has 0 bridgehead atoms. The van der Waals surface area contributed by atoms with Gasteiger partial charge in [0.05, 0.1) is 23.8 Å². The predicted molar refractivity (Wildman–Crippen MR) is 111 cm³/mol. The summed E-state index contributed by atoms with van der Waals surface area (Å²) in [5.74, 6) is -2.02. The second kappa shape index (κ2) is 9.55. The number of amides is 4. The standard InChI is InChI=1S/C20H24N4O5.ClH/c25-16-5-4-15(18(26)23-16)24-19(27)13-2-1-3-14(17(13)20(24)28)22-10-11-29-12-6-8-21-9-7-12;/h1-3,12,15,21-22H,4-11H2,(H,23,25,26);1H. The Labute approximate surface area is 180 Å². The van der Waals surface area contributed by atoms with Crippen molar-refractivity contribution >= 4 is 41.7 Å². The van der Waals surface area contributed by atoms with Crippen LogP contribution in [0.25, 0.3) is 0 Å². The molecule has 0 spiro atoms. The van der Waals surface area contributed by atoms with E-state index in [0.29, 0.717) is 18.8 Å². The van der Waals surface area contributed by atoms with Gasteiger partial charge < -0.3 is 15.4 Å². The van der Waals surface area contributed by atoms with Crippen molar-refractivity contribution in [1.82, 2.24) is 15.5 Å². The van der Waals surface area contributed by atoms with E-state index in [1.54, 1.807) is 18.2 Å². The van der Waals surface area contributed by atoms with Gasteiger partial charge in [-0.25, -0.2) is 0 Å². The molecule has 2 fully saturated rings. The maximum atomic E-state index is 13.0. The molecule has 1 atom stereocenters. The SMILES string of the molecule is Cl.O=C1CCC(N2C(=O)c3cccc(NCCOC4CCNCC4)c3C2=O)C(=O)N1. The lowest BCUT2D eigenvalue weighted by molar-refractivity contribution is -0.136. The summed E-state index contributed by atoms with van der Waals surface area (Å²) in [5, 5.41) is 8.67. The molecular weight excluding hydrogens is 412 g/mol. The molecule has 0 saturated carbocycles. The zero-order valence-electron chi connectivity index (χ0n) is 16.4. The van der Waals surface area contributed by atoms with E-state index in [1.165, 1.54) is 0 Å². The summed E-state index contributed by atoms with van der Waals surface area (Å²) < 4.78 is 5.86. The van der Waals surface area contributed by atoms with Crippen molar-refractivity contribution in [3.8, 4) is 0 Å². The second-order valence-electron chi connectivity index (χ2n) is 7.42. The van der Waals surface area contributed by atoms with E-state index < -0.39 is 23.8 Å². The fourth-order valence-corrected chi connectivity index (χ4v) is 4.04. The Hall–Kier alpha value is -2.49. The van der Waals surface area contributed by atoms with Gasteiger partial charge in [0.15, 0.2) is 0 Å². The molecule has 0 radical (unpaired) electrons. The minimum atomic E-state index is -0.962. The van der Waals surface area contributed by atoms with E-state index in [2.05, 4.69) is 16.0 Å². The lowest BCUT2D eigenvalue weighted by Crippen LogP contribution is -2.54. The van der Waals surface area contributed by atoms with Crippen LogP contribution in [-0.2, 0) is 14.3 Å². The number of hydrogen-bond acceptors (Lipinski definition) is 7. The molecule has 0 aromatic heterocycles. The zero-order valence-corrected chi connectivity index (χ0v) is 17.3. The molecule has 3 heterocycles. The van der Waals surface area contributed by atoms with Gasteiger partial charge in [-0.15, -0.1) is 12.4 Å². The minimum Gasteiger partial charge on any atom is -0.382 e. The average Bonchev–Trinajstić information content (AvgIpc) is 2.98. The molecule has 2 saturated heterocycles. The summed E-state index contributed by atoms with van der Waals surface area (Å²) >= 11 is 0. The third kappa shape index (κ3) is 4.33. The molecule has 162 valence electrons. The van der Waals surface area contributed by atoms with Gasteiger partial charge >= 0.3 is 0 Å². The fourth-order valence-electron chi connectivity index (χ4n) is 4.04. The molecule has 1 unspecified atom stereocenters. The number of benzene rings is 1. The predicted octanol–water partition coefficient (Wildman–Crippen LogP) is 0.690. The topological polar surface area (TPSA) is 117 Å². The van der Waals surface area contributed by atoms with Crippen LogP contribution in [0.15, 0.2) is 18.2 Å². The summed E-state index contributed by atoms with van der Waals surface area (Å²) in [6.07, 6.45) is 2.45. The number of rotatable bonds is 6. The maximum absolute atomic E-state index is 13.0. The molecule has 0 aliphatic carbocycles. The van der Waals surface area contributed by atoms with Crippen LogP contribution in [0, 0.1) is 0 Å². The first-order valence-electron chi connectivity index (χ1n) is 9.97. The van der Waals surface area contributed by atoms with E-state index in [0.717, 1.165) is 30.8 Å². The number of nitrogens with one attached hydrogen (secondary N) is 3. The van der Waals surface area contributed by atoms with Gasteiger partial charge in [0.1, 0.15) is 6.04 Å². The largest absolute Gasteiger partial charge is 0.382 e. The average molecular weight is 437 g/mol. The molecule has 4 rings (SSSR count). The van der Waals surface area contributed by atoms with E-state index in [9.17, 15) is 19.2 Å². The number of imide groups is 2. The van der Waals surface area contributed by atoms with E-state index in [1.807, 2.05) is 0 Å². The molecule has 3 N–H and O–H groups in total. The lowest BCUT2D eigenvalue weighted by Gasteiger charge is -2.27. The third-order valence-electron chi connectivity index (χ3n) is 5.53. The number of nitrogens with zero attached hydrogens (tertiary/aromatic N) is 1. The van der Waals surface area contributed by atoms with Gasteiger partial charge in [0.2, 0.25) is 11.8 Å². The molecule has 1 aromatic carbocycles. The highest BCUT2D eigenvalue weighted by Crippen LogP contribution is 2.32. The highest BCUT2D eigenvalue weighted by molar-refractivity contribution is 6.25. The quantitative estimate of drug-likeness (QED) is 0.443. The van der Waals surface area contributed by atoms with Gasteiger partial charge in [0.25, 0.3) is 11.8 Å². The Kier molecular flexibility index (Phi) is 7.06. The van der Waals surface area contributed by atoms with Crippen LogP contribution in [0.2, 0.25) is 0 Å². The van der Waals surface area contributed by atoms with Crippen LogP contribution in [0.4, 0.5) is 5.69 Å². The number of halogens is 1. The number of piperidine rings is 2. The normalized spacial score (nSPS) is 21.9. The molecule has 9 nitrogen and oxygen atoms in total. The van der Waals surface area contributed by atoms with Crippen molar-refractivity contribution in [2.45, 2.75) is 37.8 Å². The third-order valence-corrected chi connectivity index (χ3v) is 5.53. The molecule has 4 amide bonds. The highest BCUT2D eigenvalue weighted by atomic mass is 35.5. The van der Waals surface area contributed by atoms with Crippen LogP contribution < -0.4 is 16.0 Å². The summed E-state index contributed by atoms with van der Waals surface area (Å²) in [5.41, 5.74) is 1.08. The summed E-state index contributed by atoms with van der Waals surface area (Å²) in [6.45, 7) is 2.90. The zero-order chi connectivity index (χ0) is 20.4. The van der Waals surface area contributed by atoms with Gasteiger partial charge in [-0.2, -0.15) is 0 Å². The van der Waals surface area contributed by atoms with Gasteiger partial charge in [0, 0.05) is 18.7 Å². The van der Waals surface area contributed by atoms with Crippen molar-refractivity contribution in [3.63, 3.8) is 0 Å². The lowest BCUT2D eigenvalue weighted by atomic mass is 10.0. The number of carbonyl (C=O) groups is 4. The van der Waals surface area contributed by atoms with Crippen LogP contribution in [-0.4, -0.2) is 66.9 Å². The monoisotopic (exact) mass is 436 g/mol. The summed E-state index contributed by atoms with van der Waals surface area (Å²) in [7, 11) is 0. The Morgan fingerprint density at radius 3 is 2.57 bits per heavy atom. The number of fused-ring (bicyclic) bond motifs is 1. The summed E-state index contributed by atoms with van der Waals surface area (Å²) in [4.78, 5) is 50.3. The number of carbonyl (C=O) groups excluding carboxylic acids is 4. The van der Waals surface area contributed by atoms with Gasteiger partial charge in [-0.3, -0.25) is 29.4 Å². The maximum Gasteiger partial charge on any atom is 0.264 e. The van der Waals surface area contributed by atoms with Gasteiger partial charge in [-0.05, 0) is 44.5 Å². The molecular formula is C20H25ClN4O5. The Morgan fingerprint density at radius 2 is 1.83 bits per heavy atom. The van der Waals surface area contributed by atoms with Crippen molar-refractivity contribution in [2.75, 3.05) is 31.6 Å². The second-order valence-corrected chi connectivity index (χ2v) is 7.42. The van der Waals surface area contributed by atoms with Crippen molar-refractivity contribution in [3.05, 3.63) is 29.3 Å². The van der Waals surface area contributed by atoms with E-state index in [-0.39, 0.29) is 48.4 Å². The first-order valence-corrected chi connectivity index (χ1v) is 9.97. The van der Waals surface area contributed by atoms with Crippen molar-refractivity contribution < 1.29 is 23.9 Å². The van der Waals surface area contributed by atoms with Crippen molar-refractivity contribution in [2.24, 2.45) is 0 Å². The molecule has 3 aliphatic heterocycles. The number of hydrogen-bond donors (Lipinski definition) is 3. The van der Waals surface area contributed by atoms with Crippen LogP contribution in [0.1, 0.15) is 46.4 Å². The smallest absolute Gasteiger partial charge is 0.264 e. The fraction of sp³-hybridized carbons (Fsp3) is 0.500. The van der Waals surface area contributed by atoms with Crippen molar-refractivity contribution in [1.29, 1.82) is 0 Å². The van der Waals surface area contributed by atoms with Crippen LogP contribution >= 0.6 is 12.4 Å². The van der Waals surface area contributed by atoms with E-state index >= 15 is 0 Å². The Morgan fingerprint density at radius 1 is 1.07 bits per heavy atom. The van der Waals surface area contributed by atoms with Crippen LogP contribution in [0.3, 0.4) is 0 Å². The first-order chi connectivity index (χ1) is 14.1. The number of ether oxygens (including phenoxy) is 1. The Bertz CT molecular complexity index is 856. The molecule has 1 aromatic rings. The highest BCUT2D eigenvalue weighted by Gasteiger charge is 2.45. The minimum absolute atomic E-state index is 0. The van der Waals surface area contributed by atoms with E-state index in [4.69, 9.17) is 4.74 Å².